The Balaban J connectivity index is 2.50. The lowest BCUT2D eigenvalue weighted by molar-refractivity contribution is 0.206. The van der Waals surface area contributed by atoms with Crippen LogP contribution in [-0.4, -0.2) is 14.9 Å². The van der Waals surface area contributed by atoms with E-state index in [1.165, 1.54) is 0 Å². The first-order valence-electron chi connectivity index (χ1n) is 5.70. The molecule has 0 amide bonds. The Morgan fingerprint density at radius 3 is 2.78 bits per heavy atom. The molecule has 1 unspecified atom stereocenters. The second kappa shape index (κ2) is 5.55. The van der Waals surface area contributed by atoms with Crippen LogP contribution in [0.25, 0.3) is 0 Å². The monoisotopic (exact) mass is 372 g/mol. The Hall–Kier alpha value is -0.650. The lowest BCUT2D eigenvalue weighted by Crippen LogP contribution is -2.10. The fraction of sp³-hybridized carbons (Fsp3) is 0.308. The van der Waals surface area contributed by atoms with Gasteiger partial charge in [-0.15, -0.1) is 0 Å². The van der Waals surface area contributed by atoms with Gasteiger partial charge in [0.15, 0.2) is 0 Å². The summed E-state index contributed by atoms with van der Waals surface area (Å²) in [5, 5.41) is 14.8. The average Bonchev–Trinajstić information content (AvgIpc) is 2.72. The highest BCUT2D eigenvalue weighted by atomic mass is 79.9. The highest BCUT2D eigenvalue weighted by Crippen LogP contribution is 2.31. The van der Waals surface area contributed by atoms with Gasteiger partial charge in [-0.3, -0.25) is 4.68 Å². The predicted molar refractivity (Wildman–Crippen MR) is 78.5 cm³/mol. The molecular formula is C13H14Br2N2O. The number of nitrogens with zero attached hydrogens (tertiary/aromatic N) is 2. The summed E-state index contributed by atoms with van der Waals surface area (Å²) in [6.07, 6.45) is 1.04. The van der Waals surface area contributed by atoms with Gasteiger partial charge in [0.25, 0.3) is 0 Å². The fourth-order valence-corrected chi connectivity index (χ4v) is 2.84. The first kappa shape index (κ1) is 13.8. The molecule has 0 aliphatic heterocycles. The minimum absolute atomic E-state index is 0.681. The number of benzene rings is 1. The summed E-state index contributed by atoms with van der Waals surface area (Å²) in [6.45, 7) is 4.72. The van der Waals surface area contributed by atoms with Crippen molar-refractivity contribution in [2.45, 2.75) is 26.5 Å². The largest absolute Gasteiger partial charge is 0.382 e. The van der Waals surface area contributed by atoms with Crippen molar-refractivity contribution in [1.29, 1.82) is 0 Å². The Morgan fingerprint density at radius 1 is 1.39 bits per heavy atom. The van der Waals surface area contributed by atoms with Crippen molar-refractivity contribution in [2.75, 3.05) is 0 Å². The van der Waals surface area contributed by atoms with Crippen molar-refractivity contribution in [2.24, 2.45) is 0 Å². The minimum Gasteiger partial charge on any atom is -0.382 e. The third-order valence-corrected chi connectivity index (χ3v) is 4.03. The Bertz CT molecular complexity index is 566. The maximum absolute atomic E-state index is 10.6. The summed E-state index contributed by atoms with van der Waals surface area (Å²) in [6, 6.07) is 5.90. The maximum atomic E-state index is 10.6. The van der Waals surface area contributed by atoms with Gasteiger partial charge in [-0.05, 0) is 53.0 Å². The molecule has 0 bridgehead atoms. The van der Waals surface area contributed by atoms with E-state index in [9.17, 15) is 5.11 Å². The van der Waals surface area contributed by atoms with E-state index in [2.05, 4.69) is 37.0 Å². The van der Waals surface area contributed by atoms with E-state index in [-0.39, 0.29) is 0 Å². The summed E-state index contributed by atoms with van der Waals surface area (Å²) < 4.78 is 3.59. The normalized spacial score (nSPS) is 12.7. The van der Waals surface area contributed by atoms with Crippen LogP contribution in [0, 0.1) is 6.92 Å². The van der Waals surface area contributed by atoms with Gasteiger partial charge in [-0.1, -0.05) is 22.0 Å². The first-order valence-corrected chi connectivity index (χ1v) is 7.28. The maximum Gasteiger partial charge on any atom is 0.122 e. The molecular weight excluding hydrogens is 360 g/mol. The van der Waals surface area contributed by atoms with Crippen molar-refractivity contribution >= 4 is 31.9 Å². The van der Waals surface area contributed by atoms with Crippen molar-refractivity contribution < 1.29 is 5.11 Å². The average molecular weight is 374 g/mol. The zero-order valence-corrected chi connectivity index (χ0v) is 13.4. The van der Waals surface area contributed by atoms with E-state index < -0.39 is 6.10 Å². The molecule has 0 saturated carbocycles. The molecule has 1 heterocycles. The van der Waals surface area contributed by atoms with Crippen molar-refractivity contribution in [3.63, 3.8) is 0 Å². The Morgan fingerprint density at radius 2 is 2.11 bits per heavy atom. The number of aliphatic hydroxyl groups is 1. The van der Waals surface area contributed by atoms with Crippen LogP contribution in [0.2, 0.25) is 0 Å². The van der Waals surface area contributed by atoms with Crippen LogP contribution in [0.3, 0.4) is 0 Å². The molecule has 5 heteroatoms. The number of hydrogen-bond donors (Lipinski definition) is 1. The van der Waals surface area contributed by atoms with Crippen LogP contribution in [0.4, 0.5) is 0 Å². The van der Waals surface area contributed by atoms with E-state index in [1.54, 1.807) is 10.9 Å². The molecule has 1 atom stereocenters. The second-order valence-corrected chi connectivity index (χ2v) is 5.87. The smallest absolute Gasteiger partial charge is 0.122 e. The number of halogens is 2. The van der Waals surface area contributed by atoms with Gasteiger partial charge in [0.1, 0.15) is 6.10 Å². The van der Waals surface area contributed by atoms with E-state index in [4.69, 9.17) is 0 Å². The van der Waals surface area contributed by atoms with Gasteiger partial charge in [0, 0.05) is 11.0 Å². The van der Waals surface area contributed by atoms with E-state index >= 15 is 0 Å². The number of aryl methyl sites for hydroxylation is 2. The van der Waals surface area contributed by atoms with Gasteiger partial charge >= 0.3 is 0 Å². The van der Waals surface area contributed by atoms with Gasteiger partial charge in [-0.2, -0.15) is 5.10 Å². The van der Waals surface area contributed by atoms with E-state index in [0.717, 1.165) is 32.3 Å². The molecule has 0 spiro atoms. The Labute approximate surface area is 123 Å². The third-order valence-electron chi connectivity index (χ3n) is 2.93. The molecule has 0 radical (unpaired) electrons. The molecule has 0 aliphatic carbocycles. The molecule has 2 rings (SSSR count). The van der Waals surface area contributed by atoms with E-state index in [0.29, 0.717) is 0 Å². The van der Waals surface area contributed by atoms with Crippen LogP contribution < -0.4 is 0 Å². The molecule has 2 aromatic rings. The second-order valence-electron chi connectivity index (χ2n) is 4.10. The van der Waals surface area contributed by atoms with Gasteiger partial charge in [0.05, 0.1) is 16.4 Å². The zero-order chi connectivity index (χ0) is 13.3. The molecule has 1 aromatic heterocycles. The molecule has 3 nitrogen and oxygen atoms in total. The summed E-state index contributed by atoms with van der Waals surface area (Å²) in [4.78, 5) is 0. The highest BCUT2D eigenvalue weighted by molar-refractivity contribution is 9.10. The van der Waals surface area contributed by atoms with Crippen LogP contribution in [-0.2, 0) is 6.54 Å². The lowest BCUT2D eigenvalue weighted by atomic mass is 10.0. The summed E-state index contributed by atoms with van der Waals surface area (Å²) in [7, 11) is 0. The topological polar surface area (TPSA) is 38.0 Å². The summed E-state index contributed by atoms with van der Waals surface area (Å²) >= 11 is 6.88. The first-order chi connectivity index (χ1) is 8.54. The highest BCUT2D eigenvalue weighted by Gasteiger charge is 2.20. The standard InChI is InChI=1S/C13H14Br2N2O/c1-3-17-12(11(15)7-16-17)13(18)10-6-9(14)5-4-8(10)2/h4-7,13,18H,3H2,1-2H3. The van der Waals surface area contributed by atoms with Gasteiger partial charge < -0.3 is 5.11 Å². The quantitative estimate of drug-likeness (QED) is 0.888. The molecule has 0 saturated heterocycles. The minimum atomic E-state index is -0.681. The molecule has 0 fully saturated rings. The number of hydrogen-bond acceptors (Lipinski definition) is 2. The predicted octanol–water partition coefficient (Wildman–Crippen LogP) is 3.82. The van der Waals surface area contributed by atoms with Crippen LogP contribution in [0.15, 0.2) is 33.3 Å². The molecule has 96 valence electrons. The van der Waals surface area contributed by atoms with Gasteiger partial charge in [-0.25, -0.2) is 0 Å². The molecule has 1 aromatic carbocycles. The fourth-order valence-electron chi connectivity index (χ4n) is 1.95. The zero-order valence-electron chi connectivity index (χ0n) is 10.2. The van der Waals surface area contributed by atoms with Crippen molar-refractivity contribution in [3.8, 4) is 0 Å². The summed E-state index contributed by atoms with van der Waals surface area (Å²) in [5.74, 6) is 0. The van der Waals surface area contributed by atoms with Crippen molar-refractivity contribution in [3.05, 3.63) is 50.2 Å². The van der Waals surface area contributed by atoms with E-state index in [1.807, 2.05) is 32.0 Å². The number of aromatic nitrogens is 2. The van der Waals surface area contributed by atoms with Crippen LogP contribution in [0.5, 0.6) is 0 Å². The third kappa shape index (κ3) is 2.53. The molecule has 18 heavy (non-hydrogen) atoms. The SMILES string of the molecule is CCn1ncc(Br)c1C(O)c1cc(Br)ccc1C. The molecule has 1 N–H and O–H groups in total. The molecule has 0 aliphatic rings. The Kier molecular flexibility index (Phi) is 4.25. The van der Waals surface area contributed by atoms with Crippen LogP contribution in [0.1, 0.15) is 29.8 Å². The van der Waals surface area contributed by atoms with Crippen molar-refractivity contribution in [1.82, 2.24) is 9.78 Å². The lowest BCUT2D eigenvalue weighted by Gasteiger charge is -2.16. The van der Waals surface area contributed by atoms with Crippen LogP contribution >= 0.6 is 31.9 Å². The van der Waals surface area contributed by atoms with Gasteiger partial charge in [0.2, 0.25) is 0 Å². The summed E-state index contributed by atoms with van der Waals surface area (Å²) in [5.41, 5.74) is 2.74. The number of rotatable bonds is 3. The number of aliphatic hydroxyl groups excluding tert-OH is 1.